The number of rotatable bonds is 2. The molecule has 0 saturated heterocycles. The zero-order valence-electron chi connectivity index (χ0n) is 24.4. The first-order chi connectivity index (χ1) is 20.5. The zero-order valence-corrected chi connectivity index (χ0v) is 24.4. The highest BCUT2D eigenvalue weighted by Crippen LogP contribution is 2.60. The largest absolute Gasteiger partial charge is 0.355 e. The third-order valence-electron chi connectivity index (χ3n) is 10.8. The number of nitrogens with one attached hydrogen (secondary N) is 1. The number of fused-ring (bicyclic) bond motifs is 11. The lowest BCUT2D eigenvalue weighted by Crippen LogP contribution is -2.28. The van der Waals surface area contributed by atoms with Crippen LogP contribution in [0.1, 0.15) is 68.2 Å². The van der Waals surface area contributed by atoms with Gasteiger partial charge in [-0.15, -0.1) is 0 Å². The highest BCUT2D eigenvalue weighted by atomic mass is 14.9. The van der Waals surface area contributed by atoms with E-state index in [0.29, 0.717) is 0 Å². The van der Waals surface area contributed by atoms with Crippen LogP contribution in [0, 0.1) is 0 Å². The normalized spacial score (nSPS) is 17.2. The molecule has 1 N–H and O–H groups in total. The molecule has 1 fully saturated rings. The van der Waals surface area contributed by atoms with Gasteiger partial charge < -0.3 is 5.32 Å². The Morgan fingerprint density at radius 1 is 0.524 bits per heavy atom. The van der Waals surface area contributed by atoms with E-state index in [9.17, 15) is 0 Å². The summed E-state index contributed by atoms with van der Waals surface area (Å²) in [6.45, 7) is 4.84. The van der Waals surface area contributed by atoms with E-state index in [1.54, 1.807) is 5.56 Å². The van der Waals surface area contributed by atoms with Crippen molar-refractivity contribution in [1.29, 1.82) is 0 Å². The van der Waals surface area contributed by atoms with Crippen molar-refractivity contribution in [3.63, 3.8) is 0 Å². The van der Waals surface area contributed by atoms with Crippen molar-refractivity contribution in [3.8, 4) is 22.3 Å². The van der Waals surface area contributed by atoms with E-state index in [1.165, 1.54) is 104 Å². The molecule has 0 radical (unpaired) electrons. The molecule has 3 aliphatic rings. The minimum absolute atomic E-state index is 0.0257. The molecule has 0 aromatic heterocycles. The summed E-state index contributed by atoms with van der Waals surface area (Å²) in [7, 11) is 0. The first-order valence-electron chi connectivity index (χ1n) is 15.7. The summed E-state index contributed by atoms with van der Waals surface area (Å²) in [5.74, 6) is 0. The molecule has 0 heterocycles. The van der Waals surface area contributed by atoms with Crippen LogP contribution in [0.3, 0.4) is 0 Å². The first kappa shape index (κ1) is 24.3. The van der Waals surface area contributed by atoms with Crippen LogP contribution >= 0.6 is 0 Å². The van der Waals surface area contributed by atoms with Crippen molar-refractivity contribution in [2.45, 2.75) is 56.8 Å². The highest BCUT2D eigenvalue weighted by Gasteiger charge is 2.46. The standard InChI is InChI=1S/C41H35N/c1-40(2)34-20-17-27-12-5-7-15-30(27)39(34)33-25-37-32(24-35(33)40)31-19-18-28(23-36(31)41(37)21-8-3-9-22-41)42-38-16-10-13-26-11-4-6-14-29(26)38/h4-7,10-20,23-25,42H,3,8-9,21-22H2,1-2H3. The molecule has 42 heavy (non-hydrogen) atoms. The van der Waals surface area contributed by atoms with Crippen LogP contribution in [0.4, 0.5) is 11.4 Å². The summed E-state index contributed by atoms with van der Waals surface area (Å²) in [6, 6.07) is 41.3. The molecule has 1 heteroatoms. The van der Waals surface area contributed by atoms with Gasteiger partial charge in [0.05, 0.1) is 0 Å². The lowest BCUT2D eigenvalue weighted by Gasteiger charge is -2.36. The van der Waals surface area contributed by atoms with Gasteiger partial charge in [-0.05, 0) is 104 Å². The predicted molar refractivity (Wildman–Crippen MR) is 178 cm³/mol. The van der Waals surface area contributed by atoms with Crippen LogP contribution in [0.2, 0.25) is 0 Å². The maximum absolute atomic E-state index is 3.82. The molecule has 6 aromatic rings. The summed E-state index contributed by atoms with van der Waals surface area (Å²) >= 11 is 0. The monoisotopic (exact) mass is 541 g/mol. The Morgan fingerprint density at radius 2 is 1.21 bits per heavy atom. The Balaban J connectivity index is 1.24. The van der Waals surface area contributed by atoms with Crippen LogP contribution in [0.25, 0.3) is 43.8 Å². The highest BCUT2D eigenvalue weighted by molar-refractivity contribution is 6.04. The Morgan fingerprint density at radius 3 is 2.05 bits per heavy atom. The Labute approximate surface area is 248 Å². The van der Waals surface area contributed by atoms with Gasteiger partial charge in [0.1, 0.15) is 0 Å². The molecule has 0 atom stereocenters. The summed E-state index contributed by atoms with van der Waals surface area (Å²) < 4.78 is 0. The summed E-state index contributed by atoms with van der Waals surface area (Å²) in [5, 5.41) is 9.07. The molecule has 1 nitrogen and oxygen atoms in total. The van der Waals surface area contributed by atoms with Crippen molar-refractivity contribution < 1.29 is 0 Å². The van der Waals surface area contributed by atoms with Gasteiger partial charge in [0.2, 0.25) is 0 Å². The molecule has 0 bridgehead atoms. The lowest BCUT2D eigenvalue weighted by atomic mass is 9.67. The fourth-order valence-corrected chi connectivity index (χ4v) is 8.75. The summed E-state index contributed by atoms with van der Waals surface area (Å²) in [4.78, 5) is 0. The molecule has 0 amide bonds. The summed E-state index contributed by atoms with van der Waals surface area (Å²) in [5.41, 5.74) is 14.3. The Kier molecular flexibility index (Phi) is 4.96. The Hall–Kier alpha value is -4.36. The SMILES string of the molecule is CC1(C)c2cc3c(cc2-c2c1ccc1ccccc21)C1(CCCCC1)c1cc(Nc2cccc4ccccc24)ccc1-3. The first-order valence-corrected chi connectivity index (χ1v) is 15.7. The zero-order chi connectivity index (χ0) is 28.1. The number of benzene rings is 6. The number of hydrogen-bond acceptors (Lipinski definition) is 1. The van der Waals surface area contributed by atoms with Crippen LogP contribution in [0.5, 0.6) is 0 Å². The van der Waals surface area contributed by atoms with Crippen molar-refractivity contribution in [2.24, 2.45) is 0 Å². The van der Waals surface area contributed by atoms with Gasteiger partial charge in [0.15, 0.2) is 0 Å². The number of anilines is 2. The van der Waals surface area contributed by atoms with E-state index in [4.69, 9.17) is 0 Å². The fraction of sp³-hybridized carbons (Fsp3) is 0.220. The van der Waals surface area contributed by atoms with Crippen molar-refractivity contribution in [3.05, 3.63) is 131 Å². The quantitative estimate of drug-likeness (QED) is 0.230. The lowest BCUT2D eigenvalue weighted by molar-refractivity contribution is 0.353. The summed E-state index contributed by atoms with van der Waals surface area (Å²) in [6.07, 6.45) is 6.39. The molecule has 3 aliphatic carbocycles. The average molecular weight is 542 g/mol. The topological polar surface area (TPSA) is 12.0 Å². The second-order valence-electron chi connectivity index (χ2n) is 13.3. The van der Waals surface area contributed by atoms with E-state index < -0.39 is 0 Å². The third-order valence-corrected chi connectivity index (χ3v) is 10.8. The van der Waals surface area contributed by atoms with Crippen LogP contribution in [0.15, 0.2) is 109 Å². The molecule has 1 saturated carbocycles. The molecule has 204 valence electrons. The third kappa shape index (κ3) is 3.20. The molecule has 9 rings (SSSR count). The van der Waals surface area contributed by atoms with Crippen LogP contribution < -0.4 is 5.32 Å². The van der Waals surface area contributed by atoms with E-state index in [1.807, 2.05) is 0 Å². The maximum Gasteiger partial charge on any atom is 0.0463 e. The van der Waals surface area contributed by atoms with Crippen molar-refractivity contribution in [2.75, 3.05) is 5.32 Å². The van der Waals surface area contributed by atoms with Gasteiger partial charge in [-0.2, -0.15) is 0 Å². The average Bonchev–Trinajstić information content (AvgIpc) is 3.41. The minimum Gasteiger partial charge on any atom is -0.355 e. The molecule has 0 aliphatic heterocycles. The van der Waals surface area contributed by atoms with Gasteiger partial charge in [-0.1, -0.05) is 112 Å². The minimum atomic E-state index is -0.0257. The van der Waals surface area contributed by atoms with Gasteiger partial charge in [-0.25, -0.2) is 0 Å². The molecule has 0 unspecified atom stereocenters. The second-order valence-corrected chi connectivity index (χ2v) is 13.3. The van der Waals surface area contributed by atoms with Crippen LogP contribution in [-0.2, 0) is 10.8 Å². The Bertz CT molecular complexity index is 2070. The second kappa shape index (κ2) is 8.58. The van der Waals surface area contributed by atoms with Gasteiger partial charge in [0.25, 0.3) is 0 Å². The smallest absolute Gasteiger partial charge is 0.0463 e. The predicted octanol–water partition coefficient (Wildman–Crippen LogP) is 11.3. The van der Waals surface area contributed by atoms with Crippen molar-refractivity contribution >= 4 is 32.9 Å². The van der Waals surface area contributed by atoms with Crippen molar-refractivity contribution in [1.82, 2.24) is 0 Å². The van der Waals surface area contributed by atoms with E-state index >= 15 is 0 Å². The van der Waals surface area contributed by atoms with E-state index in [-0.39, 0.29) is 10.8 Å². The van der Waals surface area contributed by atoms with E-state index in [0.717, 1.165) is 0 Å². The molecular weight excluding hydrogens is 506 g/mol. The molecule has 6 aromatic carbocycles. The van der Waals surface area contributed by atoms with E-state index in [2.05, 4.69) is 128 Å². The number of hydrogen-bond donors (Lipinski definition) is 1. The van der Waals surface area contributed by atoms with Gasteiger partial charge in [0, 0.05) is 27.6 Å². The fourth-order valence-electron chi connectivity index (χ4n) is 8.75. The maximum atomic E-state index is 3.82. The van der Waals surface area contributed by atoms with Gasteiger partial charge in [-0.3, -0.25) is 0 Å². The van der Waals surface area contributed by atoms with Crippen LogP contribution in [-0.4, -0.2) is 0 Å². The van der Waals surface area contributed by atoms with Gasteiger partial charge >= 0.3 is 0 Å². The molecule has 1 spiro atoms. The molecular formula is C41H35N.